The largest absolute Gasteiger partial charge is 0.357 e. The molecular weight excluding hydrogens is 218 g/mol. The van der Waals surface area contributed by atoms with Gasteiger partial charge in [-0.15, -0.1) is 0 Å². The monoisotopic (exact) mass is 225 g/mol. The Morgan fingerprint density at radius 1 is 1.36 bits per heavy atom. The number of anilines is 1. The molecule has 3 nitrogen and oxygen atoms in total. The SMILES string of the molecule is Clc1cnc(NCc2ccncc2)s1. The fourth-order valence-corrected chi connectivity index (χ4v) is 1.82. The van der Waals surface area contributed by atoms with Gasteiger partial charge in [0.05, 0.1) is 6.20 Å². The van der Waals surface area contributed by atoms with Crippen molar-refractivity contribution < 1.29 is 0 Å². The summed E-state index contributed by atoms with van der Waals surface area (Å²) in [5.41, 5.74) is 1.17. The molecule has 72 valence electrons. The van der Waals surface area contributed by atoms with E-state index in [0.29, 0.717) is 4.34 Å². The van der Waals surface area contributed by atoms with Crippen molar-refractivity contribution in [3.63, 3.8) is 0 Å². The first-order chi connectivity index (χ1) is 6.84. The van der Waals surface area contributed by atoms with Crippen LogP contribution in [0, 0.1) is 0 Å². The summed E-state index contributed by atoms with van der Waals surface area (Å²) in [5, 5.41) is 4.02. The second-order valence-electron chi connectivity index (χ2n) is 2.68. The van der Waals surface area contributed by atoms with Crippen molar-refractivity contribution in [2.75, 3.05) is 5.32 Å². The molecule has 2 aromatic rings. The molecule has 0 aromatic carbocycles. The van der Waals surface area contributed by atoms with Gasteiger partial charge in [0.25, 0.3) is 0 Å². The van der Waals surface area contributed by atoms with E-state index >= 15 is 0 Å². The molecule has 0 radical (unpaired) electrons. The molecule has 0 bridgehead atoms. The van der Waals surface area contributed by atoms with Crippen LogP contribution in [0.25, 0.3) is 0 Å². The average Bonchev–Trinajstić information content (AvgIpc) is 2.63. The number of aromatic nitrogens is 2. The molecule has 1 N–H and O–H groups in total. The third-order valence-electron chi connectivity index (χ3n) is 1.67. The van der Waals surface area contributed by atoms with E-state index in [1.54, 1.807) is 18.6 Å². The van der Waals surface area contributed by atoms with Gasteiger partial charge in [-0.1, -0.05) is 22.9 Å². The molecule has 0 fully saturated rings. The van der Waals surface area contributed by atoms with Gasteiger partial charge < -0.3 is 5.32 Å². The zero-order chi connectivity index (χ0) is 9.80. The number of hydrogen-bond donors (Lipinski definition) is 1. The lowest BCUT2D eigenvalue weighted by molar-refractivity contribution is 1.12. The summed E-state index contributed by atoms with van der Waals surface area (Å²) in [6.45, 7) is 0.742. The van der Waals surface area contributed by atoms with Crippen LogP contribution in [0.2, 0.25) is 4.34 Å². The van der Waals surface area contributed by atoms with Crippen LogP contribution in [0.3, 0.4) is 0 Å². The van der Waals surface area contributed by atoms with E-state index in [0.717, 1.165) is 11.7 Å². The quantitative estimate of drug-likeness (QED) is 0.873. The highest BCUT2D eigenvalue weighted by Crippen LogP contribution is 2.22. The van der Waals surface area contributed by atoms with Gasteiger partial charge in [-0.3, -0.25) is 4.98 Å². The number of nitrogens with one attached hydrogen (secondary N) is 1. The predicted octanol–water partition coefficient (Wildman–Crippen LogP) is 2.80. The predicted molar refractivity (Wildman–Crippen MR) is 58.7 cm³/mol. The maximum atomic E-state index is 5.75. The summed E-state index contributed by atoms with van der Waals surface area (Å²) >= 11 is 7.18. The second-order valence-corrected chi connectivity index (χ2v) is 4.34. The van der Waals surface area contributed by atoms with Gasteiger partial charge in [0.15, 0.2) is 5.13 Å². The van der Waals surface area contributed by atoms with Gasteiger partial charge in [0, 0.05) is 18.9 Å². The number of rotatable bonds is 3. The van der Waals surface area contributed by atoms with Gasteiger partial charge in [0.1, 0.15) is 4.34 Å². The fourth-order valence-electron chi connectivity index (χ4n) is 1.01. The standard InChI is InChI=1S/C9H8ClN3S/c10-8-6-13-9(14-8)12-5-7-1-3-11-4-2-7/h1-4,6H,5H2,(H,12,13). The summed E-state index contributed by atoms with van der Waals surface area (Å²) < 4.78 is 0.697. The Morgan fingerprint density at radius 3 is 2.79 bits per heavy atom. The Hall–Kier alpha value is -1.13. The molecule has 2 heterocycles. The number of hydrogen-bond acceptors (Lipinski definition) is 4. The summed E-state index contributed by atoms with van der Waals surface area (Å²) in [6.07, 6.45) is 5.18. The molecule has 0 unspecified atom stereocenters. The van der Waals surface area contributed by atoms with Crippen molar-refractivity contribution in [3.05, 3.63) is 40.6 Å². The van der Waals surface area contributed by atoms with Gasteiger partial charge >= 0.3 is 0 Å². The molecule has 14 heavy (non-hydrogen) atoms. The average molecular weight is 226 g/mol. The van der Waals surface area contributed by atoms with Crippen LogP contribution < -0.4 is 5.32 Å². The fraction of sp³-hybridized carbons (Fsp3) is 0.111. The van der Waals surface area contributed by atoms with E-state index in [4.69, 9.17) is 11.6 Å². The van der Waals surface area contributed by atoms with Crippen molar-refractivity contribution in [2.45, 2.75) is 6.54 Å². The molecule has 0 aliphatic carbocycles. The number of halogens is 1. The summed E-state index contributed by atoms with van der Waals surface area (Å²) in [7, 11) is 0. The van der Waals surface area contributed by atoms with Gasteiger partial charge in [-0.05, 0) is 17.7 Å². The summed E-state index contributed by atoms with van der Waals surface area (Å²) in [6, 6.07) is 3.92. The number of thiazole rings is 1. The Balaban J connectivity index is 1.95. The Kier molecular flexibility index (Phi) is 2.96. The van der Waals surface area contributed by atoms with Crippen molar-refractivity contribution in [1.29, 1.82) is 0 Å². The molecule has 0 spiro atoms. The van der Waals surface area contributed by atoms with E-state index in [-0.39, 0.29) is 0 Å². The second kappa shape index (κ2) is 4.39. The highest BCUT2D eigenvalue weighted by Gasteiger charge is 1.98. The van der Waals surface area contributed by atoms with Crippen LogP contribution in [-0.2, 0) is 6.54 Å². The minimum Gasteiger partial charge on any atom is -0.357 e. The molecule has 2 aromatic heterocycles. The van der Waals surface area contributed by atoms with Crippen LogP contribution >= 0.6 is 22.9 Å². The highest BCUT2D eigenvalue weighted by atomic mass is 35.5. The zero-order valence-corrected chi connectivity index (χ0v) is 8.85. The highest BCUT2D eigenvalue weighted by molar-refractivity contribution is 7.19. The summed E-state index contributed by atoms with van der Waals surface area (Å²) in [5.74, 6) is 0. The van der Waals surface area contributed by atoms with Gasteiger partial charge in [-0.25, -0.2) is 4.98 Å². The zero-order valence-electron chi connectivity index (χ0n) is 7.27. The normalized spacial score (nSPS) is 10.1. The Labute approximate surface area is 90.8 Å². The molecule has 0 aliphatic heterocycles. The first-order valence-corrected chi connectivity index (χ1v) is 5.28. The molecule has 2 rings (SSSR count). The smallest absolute Gasteiger partial charge is 0.184 e. The van der Waals surface area contributed by atoms with Crippen LogP contribution in [0.1, 0.15) is 5.56 Å². The van der Waals surface area contributed by atoms with E-state index in [2.05, 4.69) is 15.3 Å². The van der Waals surface area contributed by atoms with Crippen LogP contribution in [0.4, 0.5) is 5.13 Å². The molecule has 0 amide bonds. The molecular formula is C9H8ClN3S. The van der Waals surface area contributed by atoms with E-state index in [9.17, 15) is 0 Å². The number of nitrogens with zero attached hydrogens (tertiary/aromatic N) is 2. The Morgan fingerprint density at radius 2 is 2.14 bits per heavy atom. The van der Waals surface area contributed by atoms with Gasteiger partial charge in [0.2, 0.25) is 0 Å². The van der Waals surface area contributed by atoms with Crippen LogP contribution in [-0.4, -0.2) is 9.97 Å². The maximum absolute atomic E-state index is 5.75. The minimum atomic E-state index is 0.697. The first-order valence-electron chi connectivity index (χ1n) is 4.09. The molecule has 0 aliphatic rings. The van der Waals surface area contributed by atoms with Gasteiger partial charge in [-0.2, -0.15) is 0 Å². The lowest BCUT2D eigenvalue weighted by Crippen LogP contribution is -1.98. The minimum absolute atomic E-state index is 0.697. The van der Waals surface area contributed by atoms with Crippen LogP contribution in [0.15, 0.2) is 30.7 Å². The lowest BCUT2D eigenvalue weighted by atomic mass is 10.3. The maximum Gasteiger partial charge on any atom is 0.184 e. The molecule has 0 saturated heterocycles. The van der Waals surface area contributed by atoms with E-state index in [1.165, 1.54) is 16.9 Å². The molecule has 0 atom stereocenters. The van der Waals surface area contributed by atoms with Crippen molar-refractivity contribution in [1.82, 2.24) is 9.97 Å². The van der Waals surface area contributed by atoms with Crippen molar-refractivity contribution in [3.8, 4) is 0 Å². The third kappa shape index (κ3) is 2.43. The summed E-state index contributed by atoms with van der Waals surface area (Å²) in [4.78, 5) is 8.03. The van der Waals surface area contributed by atoms with E-state index < -0.39 is 0 Å². The lowest BCUT2D eigenvalue weighted by Gasteiger charge is -2.00. The Bertz CT molecular complexity index is 401. The van der Waals surface area contributed by atoms with Crippen LogP contribution in [0.5, 0.6) is 0 Å². The first kappa shape index (κ1) is 9.43. The van der Waals surface area contributed by atoms with Crippen molar-refractivity contribution >= 4 is 28.1 Å². The topological polar surface area (TPSA) is 37.8 Å². The number of pyridine rings is 1. The van der Waals surface area contributed by atoms with E-state index in [1.807, 2.05) is 12.1 Å². The molecule has 5 heteroatoms. The van der Waals surface area contributed by atoms with Crippen molar-refractivity contribution in [2.24, 2.45) is 0 Å². The molecule has 0 saturated carbocycles. The third-order valence-corrected chi connectivity index (χ3v) is 2.74.